The van der Waals surface area contributed by atoms with Crippen LogP contribution in [0.15, 0.2) is 60.9 Å². The Balaban J connectivity index is 1.43. The summed E-state index contributed by atoms with van der Waals surface area (Å²) in [5, 5.41) is 10.0. The van der Waals surface area contributed by atoms with Crippen LogP contribution in [0.25, 0.3) is 11.1 Å². The molecule has 7 heteroatoms. The van der Waals surface area contributed by atoms with Gasteiger partial charge >= 0.3 is 6.03 Å². The highest BCUT2D eigenvalue weighted by Crippen LogP contribution is 2.27. The molecule has 28 heavy (non-hydrogen) atoms. The van der Waals surface area contributed by atoms with Gasteiger partial charge in [0.15, 0.2) is 11.5 Å². The van der Waals surface area contributed by atoms with E-state index in [0.717, 1.165) is 16.7 Å². The summed E-state index contributed by atoms with van der Waals surface area (Å²) in [6, 6.07) is 15.4. The van der Waals surface area contributed by atoms with Crippen molar-refractivity contribution in [3.8, 4) is 22.6 Å². The topological polar surface area (TPSA) is 77.4 Å². The minimum Gasteiger partial charge on any atom is -0.493 e. The number of urea groups is 1. The standard InChI is InChI=1S/C21H24N4O3/c1-27-19-9-8-16(12-20(19)28-2)13-23-21(26)22-10-11-25-15-18(14-24-25)17-6-4-3-5-7-17/h3-9,12,14-15H,10-11,13H2,1-2H3,(H2,22,23,26). The molecule has 0 saturated heterocycles. The van der Waals surface area contributed by atoms with Crippen LogP contribution in [0, 0.1) is 0 Å². The number of carbonyl (C=O) groups excluding carboxylic acids is 1. The zero-order valence-electron chi connectivity index (χ0n) is 16.0. The zero-order valence-corrected chi connectivity index (χ0v) is 16.0. The SMILES string of the molecule is COc1ccc(CNC(=O)NCCn2cc(-c3ccccc3)cn2)cc1OC. The highest BCUT2D eigenvalue weighted by Gasteiger charge is 2.06. The third kappa shape index (κ3) is 5.03. The number of nitrogens with zero attached hydrogens (tertiary/aromatic N) is 2. The number of rotatable bonds is 8. The van der Waals surface area contributed by atoms with Crippen LogP contribution in [-0.4, -0.2) is 36.6 Å². The van der Waals surface area contributed by atoms with E-state index in [0.29, 0.717) is 31.1 Å². The van der Waals surface area contributed by atoms with Crippen LogP contribution in [0.4, 0.5) is 4.79 Å². The summed E-state index contributed by atoms with van der Waals surface area (Å²) in [6.07, 6.45) is 3.80. The summed E-state index contributed by atoms with van der Waals surface area (Å²) in [7, 11) is 3.17. The molecule has 0 aliphatic carbocycles. The van der Waals surface area contributed by atoms with Crippen LogP contribution in [0.1, 0.15) is 5.56 Å². The van der Waals surface area contributed by atoms with E-state index in [-0.39, 0.29) is 6.03 Å². The summed E-state index contributed by atoms with van der Waals surface area (Å²) in [6.45, 7) is 1.47. The minimum atomic E-state index is -0.231. The van der Waals surface area contributed by atoms with Crippen molar-refractivity contribution in [1.29, 1.82) is 0 Å². The summed E-state index contributed by atoms with van der Waals surface area (Å²) >= 11 is 0. The van der Waals surface area contributed by atoms with Crippen LogP contribution in [0.3, 0.4) is 0 Å². The highest BCUT2D eigenvalue weighted by atomic mass is 16.5. The van der Waals surface area contributed by atoms with Gasteiger partial charge in [0.05, 0.1) is 27.0 Å². The maximum Gasteiger partial charge on any atom is 0.315 e. The third-order valence-corrected chi connectivity index (χ3v) is 4.27. The lowest BCUT2D eigenvalue weighted by Crippen LogP contribution is -2.36. The van der Waals surface area contributed by atoms with Gasteiger partial charge in [-0.05, 0) is 23.3 Å². The van der Waals surface area contributed by atoms with Gasteiger partial charge in [-0.15, -0.1) is 0 Å². The van der Waals surface area contributed by atoms with Gasteiger partial charge in [-0.2, -0.15) is 5.10 Å². The summed E-state index contributed by atoms with van der Waals surface area (Å²) in [5.74, 6) is 1.29. The summed E-state index contributed by atoms with van der Waals surface area (Å²) < 4.78 is 12.3. The number of carbonyl (C=O) groups is 1. The predicted octanol–water partition coefficient (Wildman–Crippen LogP) is 3.07. The lowest BCUT2D eigenvalue weighted by atomic mass is 10.1. The van der Waals surface area contributed by atoms with Crippen LogP contribution >= 0.6 is 0 Å². The van der Waals surface area contributed by atoms with Crippen molar-refractivity contribution in [2.24, 2.45) is 0 Å². The van der Waals surface area contributed by atoms with Crippen molar-refractivity contribution in [3.05, 3.63) is 66.5 Å². The molecular weight excluding hydrogens is 356 g/mol. The second-order valence-corrected chi connectivity index (χ2v) is 6.16. The van der Waals surface area contributed by atoms with E-state index in [1.54, 1.807) is 14.2 Å². The maximum atomic E-state index is 12.0. The predicted molar refractivity (Wildman–Crippen MR) is 107 cm³/mol. The quantitative estimate of drug-likeness (QED) is 0.630. The molecule has 0 saturated carbocycles. The Morgan fingerprint density at radius 1 is 1.00 bits per heavy atom. The Bertz CT molecular complexity index is 909. The molecule has 0 bridgehead atoms. The number of ether oxygens (including phenoxy) is 2. The van der Waals surface area contributed by atoms with Crippen LogP contribution < -0.4 is 20.1 Å². The lowest BCUT2D eigenvalue weighted by molar-refractivity contribution is 0.240. The number of aromatic nitrogens is 2. The van der Waals surface area contributed by atoms with Crippen LogP contribution in [0.2, 0.25) is 0 Å². The monoisotopic (exact) mass is 380 g/mol. The normalized spacial score (nSPS) is 10.4. The van der Waals surface area contributed by atoms with E-state index >= 15 is 0 Å². The number of hydrogen-bond acceptors (Lipinski definition) is 4. The number of nitrogens with one attached hydrogen (secondary N) is 2. The molecule has 0 radical (unpaired) electrons. The third-order valence-electron chi connectivity index (χ3n) is 4.27. The smallest absolute Gasteiger partial charge is 0.315 e. The molecule has 2 N–H and O–H groups in total. The summed E-state index contributed by atoms with van der Waals surface area (Å²) in [5.41, 5.74) is 3.10. The molecule has 3 rings (SSSR count). The second-order valence-electron chi connectivity index (χ2n) is 6.16. The van der Waals surface area contributed by atoms with Gasteiger partial charge in [0.25, 0.3) is 0 Å². The number of methoxy groups -OCH3 is 2. The van der Waals surface area contributed by atoms with Gasteiger partial charge in [0.2, 0.25) is 0 Å². The summed E-state index contributed by atoms with van der Waals surface area (Å²) in [4.78, 5) is 12.0. The largest absolute Gasteiger partial charge is 0.493 e. The molecule has 3 aromatic rings. The van der Waals surface area contributed by atoms with Gasteiger partial charge in [0.1, 0.15) is 0 Å². The maximum absolute atomic E-state index is 12.0. The van der Waals surface area contributed by atoms with Gasteiger partial charge < -0.3 is 20.1 Å². The molecule has 1 aromatic heterocycles. The van der Waals surface area contributed by atoms with Gasteiger partial charge in [0, 0.05) is 24.8 Å². The fourth-order valence-corrected chi connectivity index (χ4v) is 2.78. The Hall–Kier alpha value is -3.48. The fourth-order valence-electron chi connectivity index (χ4n) is 2.78. The number of hydrogen-bond donors (Lipinski definition) is 2. The molecule has 7 nitrogen and oxygen atoms in total. The van der Waals surface area contributed by atoms with Crippen molar-refractivity contribution < 1.29 is 14.3 Å². The molecule has 2 amide bonds. The van der Waals surface area contributed by atoms with Crippen molar-refractivity contribution in [1.82, 2.24) is 20.4 Å². The molecule has 0 unspecified atom stereocenters. The molecule has 0 fully saturated rings. The molecule has 0 atom stereocenters. The van der Waals surface area contributed by atoms with Crippen LogP contribution in [0.5, 0.6) is 11.5 Å². The van der Waals surface area contributed by atoms with Gasteiger partial charge in [-0.1, -0.05) is 36.4 Å². The van der Waals surface area contributed by atoms with E-state index in [1.807, 2.05) is 65.6 Å². The van der Waals surface area contributed by atoms with Crippen LogP contribution in [-0.2, 0) is 13.1 Å². The average Bonchev–Trinajstić information content (AvgIpc) is 3.21. The zero-order chi connectivity index (χ0) is 19.8. The van der Waals surface area contributed by atoms with Crippen molar-refractivity contribution in [2.45, 2.75) is 13.1 Å². The molecule has 2 aromatic carbocycles. The average molecular weight is 380 g/mol. The van der Waals surface area contributed by atoms with Gasteiger partial charge in [-0.25, -0.2) is 4.79 Å². The van der Waals surface area contributed by atoms with E-state index in [1.165, 1.54) is 0 Å². The Labute approximate surface area is 164 Å². The Morgan fingerprint density at radius 3 is 2.54 bits per heavy atom. The first-order valence-electron chi connectivity index (χ1n) is 9.00. The molecule has 0 aliphatic rings. The minimum absolute atomic E-state index is 0.231. The fraction of sp³-hybridized carbons (Fsp3) is 0.238. The number of amides is 2. The van der Waals surface area contributed by atoms with Crippen molar-refractivity contribution in [3.63, 3.8) is 0 Å². The van der Waals surface area contributed by atoms with Gasteiger partial charge in [-0.3, -0.25) is 4.68 Å². The van der Waals surface area contributed by atoms with Crippen molar-refractivity contribution in [2.75, 3.05) is 20.8 Å². The molecular formula is C21H24N4O3. The van der Waals surface area contributed by atoms with E-state index in [2.05, 4.69) is 15.7 Å². The first-order valence-corrected chi connectivity index (χ1v) is 9.00. The van der Waals surface area contributed by atoms with E-state index < -0.39 is 0 Å². The number of benzene rings is 2. The van der Waals surface area contributed by atoms with E-state index in [4.69, 9.17) is 9.47 Å². The first-order chi connectivity index (χ1) is 13.7. The second kappa shape index (κ2) is 9.45. The molecule has 0 aliphatic heterocycles. The Morgan fingerprint density at radius 2 is 1.79 bits per heavy atom. The molecule has 146 valence electrons. The molecule has 0 spiro atoms. The van der Waals surface area contributed by atoms with E-state index in [9.17, 15) is 4.79 Å². The van der Waals surface area contributed by atoms with Crippen molar-refractivity contribution >= 4 is 6.03 Å². The highest BCUT2D eigenvalue weighted by molar-refractivity contribution is 5.73. The first kappa shape index (κ1) is 19.3. The lowest BCUT2D eigenvalue weighted by Gasteiger charge is -2.11. The Kier molecular flexibility index (Phi) is 6.51. The molecule has 1 heterocycles.